The van der Waals surface area contributed by atoms with Crippen LogP contribution in [-0.2, 0) is 0 Å². The monoisotopic (exact) mass is 252 g/mol. The Morgan fingerprint density at radius 3 is 2.94 bits per heavy atom. The van der Waals surface area contributed by atoms with Crippen molar-refractivity contribution >= 4 is 5.69 Å². The number of benzene rings is 1. The highest BCUT2D eigenvalue weighted by molar-refractivity contribution is 5.58. The predicted molar refractivity (Wildman–Crippen MR) is 71.9 cm³/mol. The number of halogens is 1. The molecular weight excluding hydrogens is 231 g/mol. The predicted octanol–water partition coefficient (Wildman–Crippen LogP) is 2.41. The number of hydrogen-bond acceptors (Lipinski definition) is 3. The lowest BCUT2D eigenvalue weighted by Gasteiger charge is -2.30. The van der Waals surface area contributed by atoms with E-state index in [-0.39, 0.29) is 5.82 Å². The van der Waals surface area contributed by atoms with Gasteiger partial charge in [0.2, 0.25) is 0 Å². The van der Waals surface area contributed by atoms with Gasteiger partial charge in [-0.05, 0) is 31.5 Å². The van der Waals surface area contributed by atoms with Crippen LogP contribution in [0.15, 0.2) is 18.2 Å². The maximum absolute atomic E-state index is 13.3. The molecule has 3 nitrogen and oxygen atoms in total. The smallest absolute Gasteiger partial charge is 0.142 e. The zero-order valence-corrected chi connectivity index (χ0v) is 11.1. The summed E-state index contributed by atoms with van der Waals surface area (Å²) in [7, 11) is 3.59. The summed E-state index contributed by atoms with van der Waals surface area (Å²) >= 11 is 0. The van der Waals surface area contributed by atoms with Crippen molar-refractivity contribution in [1.29, 1.82) is 0 Å². The highest BCUT2D eigenvalue weighted by Gasteiger charge is 2.17. The number of nitrogens with zero attached hydrogens (tertiary/aromatic N) is 1. The van der Waals surface area contributed by atoms with Gasteiger partial charge in [-0.1, -0.05) is 6.42 Å². The molecule has 0 amide bonds. The fourth-order valence-electron chi connectivity index (χ4n) is 2.47. The van der Waals surface area contributed by atoms with Crippen LogP contribution >= 0.6 is 0 Å². The van der Waals surface area contributed by atoms with Crippen LogP contribution in [-0.4, -0.2) is 33.3 Å². The first kappa shape index (κ1) is 13.1. The summed E-state index contributed by atoms with van der Waals surface area (Å²) in [4.78, 5) is 2.06. The maximum Gasteiger partial charge on any atom is 0.142 e. The van der Waals surface area contributed by atoms with Gasteiger partial charge in [-0.25, -0.2) is 4.39 Å². The molecule has 0 spiro atoms. The molecule has 1 heterocycles. The van der Waals surface area contributed by atoms with E-state index in [0.717, 1.165) is 24.5 Å². The average molecular weight is 252 g/mol. The third-order valence-electron chi connectivity index (χ3n) is 3.46. The second-order valence-electron chi connectivity index (χ2n) is 4.84. The highest BCUT2D eigenvalue weighted by atomic mass is 19.1. The summed E-state index contributed by atoms with van der Waals surface area (Å²) < 4.78 is 18.6. The number of piperidine rings is 1. The van der Waals surface area contributed by atoms with E-state index < -0.39 is 0 Å². The van der Waals surface area contributed by atoms with Crippen molar-refractivity contribution in [3.63, 3.8) is 0 Å². The minimum absolute atomic E-state index is 0.228. The summed E-state index contributed by atoms with van der Waals surface area (Å²) in [5.74, 6) is 0.490. The van der Waals surface area contributed by atoms with Gasteiger partial charge in [0.1, 0.15) is 11.6 Å². The Morgan fingerprint density at radius 2 is 2.28 bits per heavy atom. The zero-order valence-electron chi connectivity index (χ0n) is 11.1. The highest BCUT2D eigenvalue weighted by Crippen LogP contribution is 2.28. The number of hydrogen-bond donors (Lipinski definition) is 1. The van der Waals surface area contributed by atoms with Gasteiger partial charge in [-0.2, -0.15) is 0 Å². The number of likely N-dealkylation sites (N-methyl/N-ethyl adjacent to an activating group) is 1. The first-order valence-corrected chi connectivity index (χ1v) is 6.49. The van der Waals surface area contributed by atoms with E-state index in [9.17, 15) is 4.39 Å². The van der Waals surface area contributed by atoms with Gasteiger partial charge in [0.05, 0.1) is 12.8 Å². The third kappa shape index (κ3) is 3.13. The molecule has 1 aromatic rings. The minimum Gasteiger partial charge on any atom is -0.495 e. The van der Waals surface area contributed by atoms with Gasteiger partial charge in [-0.15, -0.1) is 0 Å². The Morgan fingerprint density at radius 1 is 1.44 bits per heavy atom. The van der Waals surface area contributed by atoms with E-state index in [2.05, 4.69) is 10.2 Å². The summed E-state index contributed by atoms with van der Waals surface area (Å²) in [5, 5.41) is 3.50. The maximum atomic E-state index is 13.3. The van der Waals surface area contributed by atoms with E-state index >= 15 is 0 Å². The quantitative estimate of drug-likeness (QED) is 0.890. The lowest BCUT2D eigenvalue weighted by atomic mass is 10.0. The van der Waals surface area contributed by atoms with Crippen LogP contribution in [0.3, 0.4) is 0 Å². The average Bonchev–Trinajstić information content (AvgIpc) is 2.40. The molecule has 1 atom stereocenters. The van der Waals surface area contributed by atoms with Crippen LogP contribution in [0.2, 0.25) is 0 Å². The summed E-state index contributed by atoms with van der Waals surface area (Å²) in [6.07, 6.45) is 3.71. The molecule has 0 aromatic heterocycles. The Balaban J connectivity index is 2.07. The van der Waals surface area contributed by atoms with Gasteiger partial charge >= 0.3 is 0 Å². The number of rotatable bonds is 4. The van der Waals surface area contributed by atoms with E-state index in [1.165, 1.54) is 31.4 Å². The Kier molecular flexibility index (Phi) is 4.42. The second-order valence-corrected chi connectivity index (χ2v) is 4.84. The number of ether oxygens (including phenoxy) is 1. The fourth-order valence-corrected chi connectivity index (χ4v) is 2.47. The molecule has 100 valence electrons. The molecule has 18 heavy (non-hydrogen) atoms. The van der Waals surface area contributed by atoms with Crippen molar-refractivity contribution in [3.05, 3.63) is 24.0 Å². The van der Waals surface area contributed by atoms with Crippen molar-refractivity contribution in [2.24, 2.45) is 0 Å². The van der Waals surface area contributed by atoms with Crippen LogP contribution in [0, 0.1) is 5.82 Å². The van der Waals surface area contributed by atoms with E-state index in [0.29, 0.717) is 6.04 Å². The van der Waals surface area contributed by atoms with Crippen LogP contribution in [0.4, 0.5) is 10.1 Å². The van der Waals surface area contributed by atoms with Crippen molar-refractivity contribution in [2.75, 3.05) is 32.1 Å². The fraction of sp³-hybridized carbons (Fsp3) is 0.571. The summed E-state index contributed by atoms with van der Waals surface area (Å²) in [6, 6.07) is 5.11. The molecule has 1 saturated heterocycles. The molecule has 0 aliphatic carbocycles. The van der Waals surface area contributed by atoms with Crippen LogP contribution in [0.25, 0.3) is 0 Å². The molecule has 0 bridgehead atoms. The molecule has 1 aliphatic rings. The largest absolute Gasteiger partial charge is 0.495 e. The molecule has 1 fully saturated rings. The normalized spacial score (nSPS) is 19.6. The van der Waals surface area contributed by atoms with Gasteiger partial charge in [0.15, 0.2) is 0 Å². The Hall–Kier alpha value is -1.29. The van der Waals surface area contributed by atoms with Gasteiger partial charge in [-0.3, -0.25) is 0 Å². The van der Waals surface area contributed by atoms with E-state index in [1.54, 1.807) is 13.2 Å². The minimum atomic E-state index is -0.228. The van der Waals surface area contributed by atoms with Crippen LogP contribution in [0.5, 0.6) is 5.75 Å². The molecule has 4 heteroatoms. The third-order valence-corrected chi connectivity index (χ3v) is 3.46. The first-order chi connectivity index (χ1) is 8.70. The molecule has 1 N–H and O–H groups in total. The second kappa shape index (κ2) is 6.05. The Labute approximate surface area is 108 Å². The molecule has 1 aliphatic heterocycles. The van der Waals surface area contributed by atoms with Crippen molar-refractivity contribution in [2.45, 2.75) is 25.3 Å². The number of methoxy groups -OCH3 is 1. The standard InChI is InChI=1S/C14H21FN2O/c1-17(10-12-5-3-4-8-16-12)13-9-11(15)6-7-14(13)18-2/h6-7,9,12,16H,3-5,8,10H2,1-2H3. The molecule has 0 radical (unpaired) electrons. The first-order valence-electron chi connectivity index (χ1n) is 6.49. The molecule has 1 aromatic carbocycles. The molecular formula is C14H21FN2O. The molecule has 0 saturated carbocycles. The van der Waals surface area contributed by atoms with E-state index in [4.69, 9.17) is 4.74 Å². The van der Waals surface area contributed by atoms with Crippen LogP contribution in [0.1, 0.15) is 19.3 Å². The summed E-state index contributed by atoms with van der Waals surface area (Å²) in [5.41, 5.74) is 0.810. The lowest BCUT2D eigenvalue weighted by Crippen LogP contribution is -2.42. The lowest BCUT2D eigenvalue weighted by molar-refractivity contribution is 0.396. The molecule has 1 unspecified atom stereocenters. The van der Waals surface area contributed by atoms with Crippen molar-refractivity contribution in [3.8, 4) is 5.75 Å². The van der Waals surface area contributed by atoms with Gasteiger partial charge < -0.3 is 15.0 Å². The Bertz CT molecular complexity index is 391. The SMILES string of the molecule is COc1ccc(F)cc1N(C)CC1CCCCN1. The van der Waals surface area contributed by atoms with Crippen molar-refractivity contribution < 1.29 is 9.13 Å². The summed E-state index contributed by atoms with van der Waals surface area (Å²) in [6.45, 7) is 1.96. The number of anilines is 1. The van der Waals surface area contributed by atoms with Gasteiger partial charge in [0, 0.05) is 25.7 Å². The van der Waals surface area contributed by atoms with Crippen molar-refractivity contribution in [1.82, 2.24) is 5.32 Å². The zero-order chi connectivity index (χ0) is 13.0. The number of nitrogens with one attached hydrogen (secondary N) is 1. The van der Waals surface area contributed by atoms with Gasteiger partial charge in [0.25, 0.3) is 0 Å². The van der Waals surface area contributed by atoms with E-state index in [1.807, 2.05) is 7.05 Å². The molecule has 2 rings (SSSR count). The topological polar surface area (TPSA) is 24.5 Å². The van der Waals surface area contributed by atoms with Crippen LogP contribution < -0.4 is 15.0 Å².